The number of hydrogen-bond acceptors (Lipinski definition) is 5. The minimum absolute atomic E-state index is 0.129. The van der Waals surface area contributed by atoms with E-state index in [9.17, 15) is 24.1 Å². The van der Waals surface area contributed by atoms with Crippen molar-refractivity contribution in [3.05, 3.63) is 12.7 Å². The highest BCUT2D eigenvalue weighted by atomic mass is 31.1. The molecule has 2 heterocycles. The average molecular weight is 414 g/mol. The van der Waals surface area contributed by atoms with Crippen LogP contribution >= 0.6 is 8.46 Å². The Morgan fingerprint density at radius 1 is 1.32 bits per heavy atom. The van der Waals surface area contributed by atoms with Crippen LogP contribution in [0.25, 0.3) is 0 Å². The zero-order valence-electron chi connectivity index (χ0n) is 16.6. The van der Waals surface area contributed by atoms with E-state index in [2.05, 4.69) is 6.58 Å². The summed E-state index contributed by atoms with van der Waals surface area (Å²) in [4.78, 5) is 40.9. The summed E-state index contributed by atoms with van der Waals surface area (Å²) < 4.78 is 16.9. The van der Waals surface area contributed by atoms with Gasteiger partial charge >= 0.3 is 20.5 Å². The third-order valence-corrected chi connectivity index (χ3v) is 6.15. The topological polar surface area (TPSA) is 107 Å². The zero-order valence-corrected chi connectivity index (χ0v) is 17.6. The van der Waals surface area contributed by atoms with Gasteiger partial charge in [-0.3, -0.25) is 4.79 Å². The van der Waals surface area contributed by atoms with E-state index in [1.54, 1.807) is 18.7 Å². The molecule has 2 aliphatic rings. The summed E-state index contributed by atoms with van der Waals surface area (Å²) in [6.07, 6.45) is 2.26. The van der Waals surface area contributed by atoms with Crippen molar-refractivity contribution in [2.75, 3.05) is 33.4 Å². The molecule has 2 saturated heterocycles. The lowest BCUT2D eigenvalue weighted by Crippen LogP contribution is -2.52. The van der Waals surface area contributed by atoms with E-state index in [0.717, 1.165) is 0 Å². The number of nitrogens with zero attached hydrogens (tertiary/aromatic N) is 3. The Morgan fingerprint density at radius 3 is 2.54 bits per heavy atom. The third kappa shape index (κ3) is 4.70. The van der Waals surface area contributed by atoms with E-state index in [1.165, 1.54) is 22.9 Å². The molecule has 0 aromatic rings. The number of carbonyl (C=O) groups excluding carboxylic acids is 2. The number of urea groups is 1. The number of carboxylic acid groups (broad SMARTS) is 1. The van der Waals surface area contributed by atoms with Crippen LogP contribution in [0.15, 0.2) is 12.7 Å². The van der Waals surface area contributed by atoms with Gasteiger partial charge in [-0.1, -0.05) is 18.1 Å². The Balaban J connectivity index is 2.04. The predicted octanol–water partition coefficient (Wildman–Crippen LogP) is 1.38. The molecule has 5 atom stereocenters. The van der Waals surface area contributed by atoms with Gasteiger partial charge in [-0.05, 0) is 31.8 Å². The molecule has 0 aromatic heterocycles. The molecule has 1 spiro atoms. The second kappa shape index (κ2) is 9.01. The number of ether oxygens (including phenoxy) is 1. The van der Waals surface area contributed by atoms with E-state index in [0.29, 0.717) is 32.5 Å². The second-order valence-corrected chi connectivity index (χ2v) is 9.00. The number of likely N-dealkylation sites (tertiary alicyclic amines) is 1. The Hall–Kier alpha value is -1.99. The maximum Gasteiger partial charge on any atom is 0.327 e. The average Bonchev–Trinajstić information content (AvgIpc) is 3.27. The Labute approximate surface area is 166 Å². The highest BCUT2D eigenvalue weighted by Crippen LogP contribution is 2.32. The minimum atomic E-state index is -1.08. The van der Waals surface area contributed by atoms with E-state index >= 15 is 0 Å². The fourth-order valence-electron chi connectivity index (χ4n) is 4.05. The lowest BCUT2D eigenvalue weighted by atomic mass is 9.95. The van der Waals surface area contributed by atoms with Gasteiger partial charge in [-0.25, -0.2) is 9.59 Å². The molecule has 0 aliphatic carbocycles. The van der Waals surface area contributed by atoms with Crippen LogP contribution in [0.5, 0.6) is 0 Å². The second-order valence-electron chi connectivity index (χ2n) is 7.78. The first-order valence-corrected chi connectivity index (χ1v) is 10.3. The van der Waals surface area contributed by atoms with Crippen molar-refractivity contribution in [3.63, 3.8) is 0 Å². The molecular formula is C18H29N3O6P+. The fraction of sp³-hybridized carbons (Fsp3) is 0.722. The van der Waals surface area contributed by atoms with Crippen LogP contribution < -0.4 is 0 Å². The smallest absolute Gasteiger partial charge is 0.327 e. The first-order valence-electron chi connectivity index (χ1n) is 9.31. The lowest BCUT2D eigenvalue weighted by molar-refractivity contribution is -0.143. The van der Waals surface area contributed by atoms with Crippen molar-refractivity contribution >= 4 is 26.4 Å². The van der Waals surface area contributed by atoms with Crippen LogP contribution in [0.1, 0.15) is 26.7 Å². The molecule has 2 aliphatic heterocycles. The Bertz CT molecular complexity index is 659. The van der Waals surface area contributed by atoms with Crippen LogP contribution in [0.3, 0.4) is 0 Å². The molecule has 1 N–H and O–H groups in total. The van der Waals surface area contributed by atoms with Gasteiger partial charge in [0.25, 0.3) is 0 Å². The fourth-order valence-corrected chi connectivity index (χ4v) is 4.51. The number of aliphatic carboxylic acids is 1. The van der Waals surface area contributed by atoms with Gasteiger partial charge in [0.15, 0.2) is 5.66 Å². The van der Waals surface area contributed by atoms with Crippen LogP contribution in [0.2, 0.25) is 0 Å². The van der Waals surface area contributed by atoms with Gasteiger partial charge in [0.1, 0.15) is 18.4 Å². The Morgan fingerprint density at radius 2 is 1.96 bits per heavy atom. The highest BCUT2D eigenvalue weighted by Gasteiger charge is 2.48. The number of amides is 3. The lowest BCUT2D eigenvalue weighted by Gasteiger charge is -2.33. The van der Waals surface area contributed by atoms with Crippen molar-refractivity contribution in [1.29, 1.82) is 0 Å². The number of likely N-dealkylation sites (N-methyl/N-ethyl adjacent to an activating group) is 1. The van der Waals surface area contributed by atoms with Crippen molar-refractivity contribution in [1.82, 2.24) is 14.7 Å². The van der Waals surface area contributed by atoms with Crippen molar-refractivity contribution in [2.45, 2.75) is 44.0 Å². The number of carbonyl (C=O) groups is 3. The summed E-state index contributed by atoms with van der Waals surface area (Å²) in [7, 11) is 0.968. The van der Waals surface area contributed by atoms with Crippen molar-refractivity contribution in [2.24, 2.45) is 5.92 Å². The van der Waals surface area contributed by atoms with Crippen LogP contribution in [0, 0.1) is 5.92 Å². The largest absolute Gasteiger partial charge is 0.480 e. The summed E-state index contributed by atoms with van der Waals surface area (Å²) in [6.45, 7) is 8.29. The van der Waals surface area contributed by atoms with Crippen molar-refractivity contribution < 1.29 is 28.8 Å². The minimum Gasteiger partial charge on any atom is -0.480 e. The summed E-state index contributed by atoms with van der Waals surface area (Å²) in [5.74, 6) is -1.65. The zero-order chi connectivity index (χ0) is 21.1. The van der Waals surface area contributed by atoms with Gasteiger partial charge in [-0.15, -0.1) is 0 Å². The molecule has 3 amide bonds. The molecule has 0 saturated carbocycles. The molecular weight excluding hydrogens is 385 g/mol. The van der Waals surface area contributed by atoms with Gasteiger partial charge < -0.3 is 24.5 Å². The van der Waals surface area contributed by atoms with Crippen LogP contribution in [-0.4, -0.2) is 88.4 Å². The SMILES string of the molecule is C=CC(=O)N1CO[C@@]2(CCN(C(=O)N(C)[C@H](C(=O)O)C(C)CC(C)[PH+]=O)C2)C1. The standard InChI is InChI=1S/C18H28N3O6P/c1-5-14(22)21-10-18(27-11-21)6-7-20(9-18)17(25)19(4)15(16(23)24)12(2)8-13(3)28-26/h5,12-13,15H,1,6-11H2,2-4H3,(H,23,24)/p+1/t12?,13?,15-,18+/m0/s1. The van der Waals surface area contributed by atoms with E-state index in [-0.39, 0.29) is 30.2 Å². The quantitative estimate of drug-likeness (QED) is 0.498. The maximum atomic E-state index is 12.9. The highest BCUT2D eigenvalue weighted by molar-refractivity contribution is 7.24. The Kier molecular flexibility index (Phi) is 7.17. The molecule has 2 rings (SSSR count). The first-order chi connectivity index (χ1) is 13.1. The van der Waals surface area contributed by atoms with Crippen LogP contribution in [-0.2, 0) is 18.9 Å². The molecule has 10 heteroatoms. The summed E-state index contributed by atoms with van der Waals surface area (Å²) >= 11 is 0. The molecule has 9 nitrogen and oxygen atoms in total. The van der Waals surface area contributed by atoms with E-state index in [1.807, 2.05) is 0 Å². The molecule has 3 unspecified atom stereocenters. The maximum absolute atomic E-state index is 12.9. The van der Waals surface area contributed by atoms with Crippen LogP contribution in [0.4, 0.5) is 4.79 Å². The third-order valence-electron chi connectivity index (χ3n) is 5.52. The summed E-state index contributed by atoms with van der Waals surface area (Å²) in [5, 5.41) is 9.65. The molecule has 28 heavy (non-hydrogen) atoms. The molecule has 2 fully saturated rings. The van der Waals surface area contributed by atoms with Gasteiger partial charge in [-0.2, -0.15) is 0 Å². The van der Waals surface area contributed by atoms with Gasteiger partial charge in [0.05, 0.1) is 13.1 Å². The molecule has 0 bridgehead atoms. The monoisotopic (exact) mass is 414 g/mol. The molecule has 0 aromatic carbocycles. The summed E-state index contributed by atoms with van der Waals surface area (Å²) in [5.41, 5.74) is -0.742. The molecule has 156 valence electrons. The normalized spacial score (nSPS) is 25.0. The first kappa shape index (κ1) is 22.3. The number of carboxylic acids is 1. The van der Waals surface area contributed by atoms with Gasteiger partial charge in [0, 0.05) is 13.6 Å². The van der Waals surface area contributed by atoms with E-state index in [4.69, 9.17) is 4.74 Å². The summed E-state index contributed by atoms with van der Waals surface area (Å²) in [6, 6.07) is -1.39. The van der Waals surface area contributed by atoms with Gasteiger partial charge in [0.2, 0.25) is 5.91 Å². The number of hydrogen-bond donors (Lipinski definition) is 1. The van der Waals surface area contributed by atoms with Crippen molar-refractivity contribution in [3.8, 4) is 0 Å². The molecule has 0 radical (unpaired) electrons. The predicted molar refractivity (Wildman–Crippen MR) is 104 cm³/mol. The number of rotatable bonds is 7. The van der Waals surface area contributed by atoms with E-state index < -0.39 is 26.1 Å².